The van der Waals surface area contributed by atoms with Crippen molar-refractivity contribution in [1.29, 1.82) is 0 Å². The fraction of sp³-hybridized carbons (Fsp3) is 0.308. The van der Waals surface area contributed by atoms with Crippen molar-refractivity contribution in [3.05, 3.63) is 64.9 Å². The molecule has 1 unspecified atom stereocenters. The number of nitrogens with two attached hydrogens (primary N) is 1. The Morgan fingerprint density at radius 1 is 1.24 bits per heavy atom. The van der Waals surface area contributed by atoms with Gasteiger partial charge in [0.25, 0.3) is 5.91 Å². The molecule has 0 saturated heterocycles. The Morgan fingerprint density at radius 3 is 2.76 bits per heavy atom. The quantitative estimate of drug-likeness (QED) is 0.240. The van der Waals surface area contributed by atoms with Crippen LogP contribution in [0.5, 0.6) is 11.5 Å². The highest BCUT2D eigenvalue weighted by molar-refractivity contribution is 7.15. The number of hydrogen-bond donors (Lipinski definition) is 2. The van der Waals surface area contributed by atoms with Gasteiger partial charge in [-0.25, -0.2) is 4.98 Å². The van der Waals surface area contributed by atoms with Gasteiger partial charge in [0, 0.05) is 29.1 Å². The van der Waals surface area contributed by atoms with Crippen LogP contribution < -0.4 is 20.5 Å². The zero-order valence-electron chi connectivity index (χ0n) is 19.9. The van der Waals surface area contributed by atoms with Crippen LogP contribution in [0.2, 0.25) is 0 Å². The molecule has 11 heteroatoms. The molecule has 1 aliphatic rings. The number of alkyl halides is 2. The Hall–Kier alpha value is -3.21. The molecule has 1 aliphatic carbocycles. The average molecular weight is 550 g/mol. The minimum atomic E-state index is -2.97. The number of halogens is 3. The second-order valence-electron chi connectivity index (χ2n) is 8.75. The molecule has 0 radical (unpaired) electrons. The number of carbonyl (C=O) groups excluding carboxylic acids is 1. The fourth-order valence-electron chi connectivity index (χ4n) is 3.79. The van der Waals surface area contributed by atoms with Crippen molar-refractivity contribution < 1.29 is 27.5 Å². The van der Waals surface area contributed by atoms with Gasteiger partial charge < -0.3 is 24.9 Å². The molecule has 2 aromatic heterocycles. The van der Waals surface area contributed by atoms with Gasteiger partial charge in [-0.15, -0.1) is 23.7 Å². The number of ether oxygens (including phenoxy) is 2. The second kappa shape index (κ2) is 11.5. The number of thiazole rings is 1. The fourth-order valence-corrected chi connectivity index (χ4v) is 4.81. The summed E-state index contributed by atoms with van der Waals surface area (Å²) in [7, 11) is 0. The molecule has 3 N–H and O–H groups in total. The van der Waals surface area contributed by atoms with Gasteiger partial charge in [0.1, 0.15) is 16.3 Å². The maximum absolute atomic E-state index is 13.1. The summed E-state index contributed by atoms with van der Waals surface area (Å²) in [5.41, 5.74) is 8.59. The van der Waals surface area contributed by atoms with Crippen LogP contribution >= 0.6 is 23.7 Å². The van der Waals surface area contributed by atoms with E-state index in [1.165, 1.54) is 17.4 Å². The van der Waals surface area contributed by atoms with E-state index in [1.807, 2.05) is 24.3 Å². The van der Waals surface area contributed by atoms with E-state index >= 15 is 0 Å². The van der Waals surface area contributed by atoms with Gasteiger partial charge in [-0.1, -0.05) is 18.2 Å². The number of amides is 1. The topological polar surface area (TPSA) is 99.6 Å². The van der Waals surface area contributed by atoms with E-state index in [2.05, 4.69) is 15.0 Å². The van der Waals surface area contributed by atoms with Crippen molar-refractivity contribution in [1.82, 2.24) is 10.3 Å². The normalized spacial score (nSPS) is 13.9. The Labute approximate surface area is 222 Å². The summed E-state index contributed by atoms with van der Waals surface area (Å²) in [6, 6.07) is 11.8. The number of nitrogens with zero attached hydrogens (tertiary/aromatic N) is 1. The second-order valence-corrected chi connectivity index (χ2v) is 9.79. The highest BCUT2D eigenvalue weighted by atomic mass is 35.5. The smallest absolute Gasteiger partial charge is 0.387 e. The summed E-state index contributed by atoms with van der Waals surface area (Å²) in [5.74, 6) is 0.247. The molecule has 5 rings (SSSR count). The van der Waals surface area contributed by atoms with E-state index in [-0.39, 0.29) is 42.1 Å². The standard InChI is InChI=1S/C26H25F2N3O4S.ClH/c1-14(29)23-22(24(32)30-11-17-13-34-19-5-3-2-4-18(17)19)31-25(36-23)16-8-9-20(35-26(27)28)21(10-16)33-12-15-6-7-15;/h2-5,8-10,13-15,26H,6-7,11-12,29H2,1H3,(H,30,32);1H. The van der Waals surface area contributed by atoms with Crippen LogP contribution in [0.4, 0.5) is 8.78 Å². The van der Waals surface area contributed by atoms with E-state index in [0.717, 1.165) is 29.4 Å². The third-order valence-electron chi connectivity index (χ3n) is 5.86. The molecule has 1 saturated carbocycles. The minimum Gasteiger partial charge on any atom is -0.489 e. The van der Waals surface area contributed by atoms with Gasteiger partial charge in [-0.05, 0) is 49.9 Å². The molecule has 7 nitrogen and oxygen atoms in total. The number of carbonyl (C=O) groups is 1. The number of nitrogens with one attached hydrogen (secondary N) is 1. The van der Waals surface area contributed by atoms with Crippen molar-refractivity contribution in [2.75, 3.05) is 6.61 Å². The number of fused-ring (bicyclic) bond motifs is 1. The summed E-state index contributed by atoms with van der Waals surface area (Å²) in [4.78, 5) is 18.3. The molecule has 1 amide bonds. The highest BCUT2D eigenvalue weighted by Gasteiger charge is 2.25. The van der Waals surface area contributed by atoms with Crippen LogP contribution in [0.15, 0.2) is 53.1 Å². The summed E-state index contributed by atoms with van der Waals surface area (Å²) >= 11 is 1.28. The molecular weight excluding hydrogens is 524 g/mol. The Bertz CT molecular complexity index is 1390. The van der Waals surface area contributed by atoms with Gasteiger partial charge in [0.2, 0.25) is 0 Å². The van der Waals surface area contributed by atoms with Crippen LogP contribution in [0.1, 0.15) is 46.7 Å². The van der Waals surface area contributed by atoms with E-state index in [0.29, 0.717) is 28.0 Å². The number of rotatable bonds is 10. The predicted molar refractivity (Wildman–Crippen MR) is 140 cm³/mol. The Kier molecular flexibility index (Phi) is 8.31. The largest absolute Gasteiger partial charge is 0.489 e. The van der Waals surface area contributed by atoms with Crippen molar-refractivity contribution in [3.8, 4) is 22.1 Å². The molecule has 0 bridgehead atoms. The maximum atomic E-state index is 13.1. The molecule has 196 valence electrons. The monoisotopic (exact) mass is 549 g/mol. The number of aromatic nitrogens is 1. The lowest BCUT2D eigenvalue weighted by Gasteiger charge is -2.13. The van der Waals surface area contributed by atoms with Gasteiger partial charge in [0.15, 0.2) is 11.5 Å². The van der Waals surface area contributed by atoms with Crippen molar-refractivity contribution >= 4 is 40.6 Å². The van der Waals surface area contributed by atoms with E-state index < -0.39 is 12.7 Å². The third-order valence-corrected chi connectivity index (χ3v) is 7.17. The van der Waals surface area contributed by atoms with E-state index in [9.17, 15) is 13.6 Å². The van der Waals surface area contributed by atoms with E-state index in [4.69, 9.17) is 14.9 Å². The molecule has 2 heterocycles. The lowest BCUT2D eigenvalue weighted by atomic mass is 10.1. The summed E-state index contributed by atoms with van der Waals surface area (Å²) in [6.07, 6.45) is 3.74. The van der Waals surface area contributed by atoms with Crippen LogP contribution in [0.3, 0.4) is 0 Å². The van der Waals surface area contributed by atoms with Crippen LogP contribution in [0, 0.1) is 5.92 Å². The molecule has 0 spiro atoms. The highest BCUT2D eigenvalue weighted by Crippen LogP contribution is 2.38. The minimum absolute atomic E-state index is 0. The summed E-state index contributed by atoms with van der Waals surface area (Å²) in [5, 5.41) is 4.35. The average Bonchev–Trinajstić information content (AvgIpc) is 3.42. The molecule has 1 atom stereocenters. The van der Waals surface area contributed by atoms with Crippen LogP contribution in [0.25, 0.3) is 21.5 Å². The van der Waals surface area contributed by atoms with Crippen LogP contribution in [-0.2, 0) is 6.54 Å². The first-order valence-corrected chi connectivity index (χ1v) is 12.4. The number of furan rings is 1. The van der Waals surface area contributed by atoms with E-state index in [1.54, 1.807) is 25.3 Å². The molecule has 1 fully saturated rings. The predicted octanol–water partition coefficient (Wildman–Crippen LogP) is 6.32. The first-order chi connectivity index (χ1) is 17.4. The molecular formula is C26H26ClF2N3O4S. The van der Waals surface area contributed by atoms with Crippen molar-refractivity contribution in [3.63, 3.8) is 0 Å². The Balaban J connectivity index is 0.00000320. The van der Waals surface area contributed by atoms with Crippen molar-refractivity contribution in [2.24, 2.45) is 11.7 Å². The number of benzene rings is 2. The zero-order chi connectivity index (χ0) is 25.2. The van der Waals surface area contributed by atoms with Gasteiger partial charge in [-0.3, -0.25) is 4.79 Å². The number of hydrogen-bond acceptors (Lipinski definition) is 7. The lowest BCUT2D eigenvalue weighted by Crippen LogP contribution is -2.25. The molecule has 37 heavy (non-hydrogen) atoms. The maximum Gasteiger partial charge on any atom is 0.387 e. The lowest BCUT2D eigenvalue weighted by molar-refractivity contribution is -0.0515. The van der Waals surface area contributed by atoms with Crippen LogP contribution in [-0.4, -0.2) is 24.1 Å². The first-order valence-electron chi connectivity index (χ1n) is 11.6. The van der Waals surface area contributed by atoms with Crippen molar-refractivity contribution in [2.45, 2.75) is 39.0 Å². The summed E-state index contributed by atoms with van der Waals surface area (Å²) < 4.78 is 41.7. The molecule has 4 aromatic rings. The number of para-hydroxylation sites is 1. The molecule has 0 aliphatic heterocycles. The SMILES string of the molecule is CC(N)c1sc(-c2ccc(OC(F)F)c(OCC3CC3)c2)nc1C(=O)NCc1coc2ccccc12.Cl. The summed E-state index contributed by atoms with van der Waals surface area (Å²) in [6.45, 7) is -0.490. The van der Waals surface area contributed by atoms with Gasteiger partial charge in [-0.2, -0.15) is 8.78 Å². The zero-order valence-corrected chi connectivity index (χ0v) is 21.5. The molecule has 2 aromatic carbocycles. The van der Waals surface area contributed by atoms with Gasteiger partial charge >= 0.3 is 6.61 Å². The first kappa shape index (κ1) is 26.8. The Morgan fingerprint density at radius 2 is 2.03 bits per heavy atom. The van der Waals surface area contributed by atoms with Gasteiger partial charge in [0.05, 0.1) is 17.7 Å². The third kappa shape index (κ3) is 6.20.